The summed E-state index contributed by atoms with van der Waals surface area (Å²) in [4.78, 5) is 33.0. The summed E-state index contributed by atoms with van der Waals surface area (Å²) in [5.41, 5.74) is -2.06. The van der Waals surface area contributed by atoms with Gasteiger partial charge in [0.1, 0.15) is 5.69 Å². The highest BCUT2D eigenvalue weighted by Crippen LogP contribution is 2.34. The zero-order valence-corrected chi connectivity index (χ0v) is 14.8. The van der Waals surface area contributed by atoms with E-state index in [1.807, 2.05) is 13.8 Å². The van der Waals surface area contributed by atoms with Crippen LogP contribution in [-0.4, -0.2) is 36.5 Å². The number of nitrogens with zero attached hydrogens (tertiary/aromatic N) is 1. The highest BCUT2D eigenvalue weighted by Gasteiger charge is 2.33. The quantitative estimate of drug-likeness (QED) is 0.380. The van der Waals surface area contributed by atoms with E-state index in [0.717, 1.165) is 6.07 Å². The molecule has 0 saturated heterocycles. The maximum absolute atomic E-state index is 12.6. The summed E-state index contributed by atoms with van der Waals surface area (Å²) in [6.45, 7) is 3.68. The Morgan fingerprint density at radius 1 is 1.30 bits per heavy atom. The largest absolute Gasteiger partial charge is 0.456 e. The van der Waals surface area contributed by atoms with Crippen molar-refractivity contribution in [1.82, 2.24) is 5.32 Å². The van der Waals surface area contributed by atoms with Crippen molar-refractivity contribution < 1.29 is 32.4 Å². The average Bonchev–Trinajstić information content (AvgIpc) is 2.57. The van der Waals surface area contributed by atoms with Crippen LogP contribution in [0.1, 0.15) is 25.8 Å². The van der Waals surface area contributed by atoms with Crippen molar-refractivity contribution >= 4 is 23.3 Å². The number of amides is 1. The summed E-state index contributed by atoms with van der Waals surface area (Å²) in [5, 5.41) is 16.0. The molecule has 0 aliphatic heterocycles. The number of nitro benzene ring substituents is 1. The van der Waals surface area contributed by atoms with Crippen molar-refractivity contribution in [3.63, 3.8) is 0 Å². The number of carbonyl (C=O) groups excluding carboxylic acids is 2. The van der Waals surface area contributed by atoms with Crippen molar-refractivity contribution in [3.05, 3.63) is 33.9 Å². The molecule has 0 unspecified atom stereocenters. The molecule has 0 saturated carbocycles. The average molecular weight is 391 g/mol. The SMILES string of the molecule is CC(C)CNC(=O)COC(=O)CCNc1ccc(C(F)(F)F)cc1[N+](=O)[O-]. The van der Waals surface area contributed by atoms with Crippen molar-refractivity contribution in [1.29, 1.82) is 0 Å². The molecule has 1 aromatic carbocycles. The number of hydrogen-bond donors (Lipinski definition) is 2. The fourth-order valence-electron chi connectivity index (χ4n) is 1.89. The van der Waals surface area contributed by atoms with Gasteiger partial charge >= 0.3 is 12.1 Å². The second kappa shape index (κ2) is 9.74. The lowest BCUT2D eigenvalue weighted by molar-refractivity contribution is -0.384. The van der Waals surface area contributed by atoms with Crippen LogP contribution in [0.25, 0.3) is 0 Å². The summed E-state index contributed by atoms with van der Waals surface area (Å²) in [7, 11) is 0. The van der Waals surface area contributed by atoms with Gasteiger partial charge in [-0.2, -0.15) is 13.2 Å². The van der Waals surface area contributed by atoms with Crippen molar-refractivity contribution in [2.45, 2.75) is 26.4 Å². The predicted octanol–water partition coefficient (Wildman–Crippen LogP) is 2.73. The molecule has 0 radical (unpaired) electrons. The van der Waals surface area contributed by atoms with Gasteiger partial charge in [-0.25, -0.2) is 0 Å². The van der Waals surface area contributed by atoms with Gasteiger partial charge in [0, 0.05) is 19.2 Å². The summed E-state index contributed by atoms with van der Waals surface area (Å²) in [6, 6.07) is 2.04. The van der Waals surface area contributed by atoms with Crippen LogP contribution in [0.4, 0.5) is 24.5 Å². The first-order valence-corrected chi connectivity index (χ1v) is 8.02. The van der Waals surface area contributed by atoms with Gasteiger partial charge in [0.2, 0.25) is 0 Å². The van der Waals surface area contributed by atoms with Crippen LogP contribution in [0.3, 0.4) is 0 Å². The zero-order chi connectivity index (χ0) is 20.6. The number of benzene rings is 1. The summed E-state index contributed by atoms with van der Waals surface area (Å²) < 4.78 is 42.6. The Bertz CT molecular complexity index is 692. The highest BCUT2D eigenvalue weighted by molar-refractivity contribution is 5.80. The lowest BCUT2D eigenvalue weighted by Gasteiger charge is -2.11. The third-order valence-corrected chi connectivity index (χ3v) is 3.24. The molecule has 27 heavy (non-hydrogen) atoms. The van der Waals surface area contributed by atoms with E-state index in [9.17, 15) is 32.9 Å². The first kappa shape index (κ1) is 22.2. The van der Waals surface area contributed by atoms with Crippen LogP contribution in [0.2, 0.25) is 0 Å². The van der Waals surface area contributed by atoms with E-state index >= 15 is 0 Å². The van der Waals surface area contributed by atoms with E-state index in [-0.39, 0.29) is 24.6 Å². The highest BCUT2D eigenvalue weighted by atomic mass is 19.4. The van der Waals surface area contributed by atoms with Crippen molar-refractivity contribution in [2.75, 3.05) is 25.0 Å². The van der Waals surface area contributed by atoms with Gasteiger partial charge in [-0.15, -0.1) is 0 Å². The van der Waals surface area contributed by atoms with Gasteiger partial charge in [0.05, 0.1) is 16.9 Å². The maximum Gasteiger partial charge on any atom is 0.416 e. The third-order valence-electron chi connectivity index (χ3n) is 3.24. The minimum atomic E-state index is -4.71. The molecule has 1 amide bonds. The molecule has 0 aliphatic carbocycles. The van der Waals surface area contributed by atoms with Crippen LogP contribution < -0.4 is 10.6 Å². The Labute approximate surface area is 153 Å². The lowest BCUT2D eigenvalue weighted by atomic mass is 10.1. The van der Waals surface area contributed by atoms with Gasteiger partial charge in [-0.1, -0.05) is 13.8 Å². The van der Waals surface area contributed by atoms with Crippen LogP contribution in [-0.2, 0) is 20.5 Å². The molecular weight excluding hydrogens is 371 g/mol. The number of ether oxygens (including phenoxy) is 1. The van der Waals surface area contributed by atoms with E-state index in [1.165, 1.54) is 0 Å². The molecule has 8 nitrogen and oxygen atoms in total. The molecule has 0 aliphatic rings. The van der Waals surface area contributed by atoms with Crippen LogP contribution >= 0.6 is 0 Å². The minimum absolute atomic E-state index is 0.112. The molecule has 150 valence electrons. The number of nitro groups is 1. The number of rotatable bonds is 9. The van der Waals surface area contributed by atoms with Gasteiger partial charge in [-0.05, 0) is 18.1 Å². The zero-order valence-electron chi connectivity index (χ0n) is 14.8. The summed E-state index contributed by atoms with van der Waals surface area (Å²) >= 11 is 0. The fourth-order valence-corrected chi connectivity index (χ4v) is 1.89. The van der Waals surface area contributed by atoms with Crippen LogP contribution in [0, 0.1) is 16.0 Å². The van der Waals surface area contributed by atoms with Crippen LogP contribution in [0.5, 0.6) is 0 Å². The van der Waals surface area contributed by atoms with Gasteiger partial charge in [0.15, 0.2) is 6.61 Å². The number of carbonyl (C=O) groups is 2. The number of esters is 1. The molecule has 0 atom stereocenters. The number of alkyl halides is 3. The first-order valence-electron chi connectivity index (χ1n) is 8.02. The van der Waals surface area contributed by atoms with Gasteiger partial charge < -0.3 is 15.4 Å². The molecule has 11 heteroatoms. The topological polar surface area (TPSA) is 111 Å². The summed E-state index contributed by atoms with van der Waals surface area (Å²) in [6.07, 6.45) is -4.93. The van der Waals surface area contributed by atoms with Crippen LogP contribution in [0.15, 0.2) is 18.2 Å². The Morgan fingerprint density at radius 2 is 1.96 bits per heavy atom. The maximum atomic E-state index is 12.6. The van der Waals surface area contributed by atoms with Crippen molar-refractivity contribution in [3.8, 4) is 0 Å². The number of halogens is 3. The molecule has 0 bridgehead atoms. The van der Waals surface area contributed by atoms with E-state index in [2.05, 4.69) is 10.6 Å². The predicted molar refractivity (Wildman–Crippen MR) is 90.0 cm³/mol. The third kappa shape index (κ3) is 7.92. The number of anilines is 1. The molecule has 1 aromatic rings. The first-order chi connectivity index (χ1) is 12.5. The van der Waals surface area contributed by atoms with E-state index in [4.69, 9.17) is 4.74 Å². The second-order valence-electron chi connectivity index (χ2n) is 6.02. The molecule has 2 N–H and O–H groups in total. The molecule has 0 aromatic heterocycles. The molecular formula is C16H20F3N3O5. The Morgan fingerprint density at radius 3 is 2.52 bits per heavy atom. The minimum Gasteiger partial charge on any atom is -0.456 e. The summed E-state index contributed by atoms with van der Waals surface area (Å²) in [5.74, 6) is -0.937. The van der Waals surface area contributed by atoms with Gasteiger partial charge in [0.25, 0.3) is 11.6 Å². The van der Waals surface area contributed by atoms with E-state index in [0.29, 0.717) is 18.7 Å². The standard InChI is InChI=1S/C16H20F3N3O5/c1-10(2)8-21-14(23)9-27-15(24)5-6-20-12-4-3-11(16(17,18)19)7-13(12)22(25)26/h3-4,7,10,20H,5-6,8-9H2,1-2H3,(H,21,23). The Kier molecular flexibility index (Phi) is 8.00. The van der Waals surface area contributed by atoms with Crippen molar-refractivity contribution in [2.24, 2.45) is 5.92 Å². The molecule has 0 heterocycles. The Balaban J connectivity index is 2.52. The Hall–Kier alpha value is -2.85. The van der Waals surface area contributed by atoms with Gasteiger partial charge in [-0.3, -0.25) is 19.7 Å². The number of nitrogens with one attached hydrogen (secondary N) is 2. The molecule has 0 spiro atoms. The molecule has 0 fully saturated rings. The lowest BCUT2D eigenvalue weighted by Crippen LogP contribution is -2.31. The molecule has 1 rings (SSSR count). The van der Waals surface area contributed by atoms with E-state index < -0.39 is 40.8 Å². The second-order valence-corrected chi connectivity index (χ2v) is 6.02. The normalized spacial score (nSPS) is 11.2. The number of hydrogen-bond acceptors (Lipinski definition) is 6. The smallest absolute Gasteiger partial charge is 0.416 e. The fraction of sp³-hybridized carbons (Fsp3) is 0.500. The van der Waals surface area contributed by atoms with E-state index in [1.54, 1.807) is 0 Å². The monoisotopic (exact) mass is 391 g/mol.